The van der Waals surface area contributed by atoms with Crippen LogP contribution in [0.3, 0.4) is 0 Å². The summed E-state index contributed by atoms with van der Waals surface area (Å²) in [6.07, 6.45) is 3.09. The third kappa shape index (κ3) is 3.53. The fraction of sp³-hybridized carbons (Fsp3) is 0.615. The summed E-state index contributed by atoms with van der Waals surface area (Å²) in [5, 5.41) is 14.8. The van der Waals surface area contributed by atoms with Crippen LogP contribution >= 0.6 is 11.3 Å². The van der Waals surface area contributed by atoms with Gasteiger partial charge in [0.1, 0.15) is 5.01 Å². The number of thiazole rings is 1. The van der Waals surface area contributed by atoms with Crippen LogP contribution in [0.25, 0.3) is 0 Å². The van der Waals surface area contributed by atoms with E-state index in [0.717, 1.165) is 23.5 Å². The molecule has 1 amide bonds. The molecule has 1 aromatic rings. The molecule has 1 aliphatic rings. The van der Waals surface area contributed by atoms with Gasteiger partial charge < -0.3 is 10.4 Å². The number of carboxylic acids is 1. The lowest BCUT2D eigenvalue weighted by molar-refractivity contribution is -0.148. The van der Waals surface area contributed by atoms with E-state index in [9.17, 15) is 9.59 Å². The fourth-order valence-corrected chi connectivity index (χ4v) is 3.23. The van der Waals surface area contributed by atoms with Crippen LogP contribution in [0.5, 0.6) is 0 Å². The molecule has 2 N–H and O–H groups in total. The molecule has 104 valence electrons. The maximum atomic E-state index is 12.1. The van der Waals surface area contributed by atoms with Crippen LogP contribution < -0.4 is 5.32 Å². The minimum atomic E-state index is -0.857. The van der Waals surface area contributed by atoms with E-state index in [4.69, 9.17) is 5.11 Å². The Morgan fingerprint density at radius 2 is 2.11 bits per heavy atom. The molecule has 1 fully saturated rings. The molecule has 6 heteroatoms. The van der Waals surface area contributed by atoms with Gasteiger partial charge in [-0.25, -0.2) is 4.98 Å². The van der Waals surface area contributed by atoms with E-state index in [-0.39, 0.29) is 5.91 Å². The van der Waals surface area contributed by atoms with Gasteiger partial charge in [-0.2, -0.15) is 0 Å². The van der Waals surface area contributed by atoms with Gasteiger partial charge in [0, 0.05) is 11.1 Å². The minimum Gasteiger partial charge on any atom is -0.481 e. The largest absolute Gasteiger partial charge is 0.481 e. The molecule has 1 heterocycles. The summed E-state index contributed by atoms with van der Waals surface area (Å²) in [5.41, 5.74) is 0.940. The van der Waals surface area contributed by atoms with Crippen LogP contribution in [0.2, 0.25) is 0 Å². The molecule has 0 radical (unpaired) electrons. The first-order valence-electron chi connectivity index (χ1n) is 6.49. The van der Waals surface area contributed by atoms with Gasteiger partial charge in [-0.15, -0.1) is 11.3 Å². The van der Waals surface area contributed by atoms with Gasteiger partial charge in [0.05, 0.1) is 18.4 Å². The van der Waals surface area contributed by atoms with Crippen molar-refractivity contribution in [3.8, 4) is 0 Å². The van der Waals surface area contributed by atoms with E-state index in [1.54, 1.807) is 0 Å². The Morgan fingerprint density at radius 1 is 1.42 bits per heavy atom. The van der Waals surface area contributed by atoms with E-state index in [2.05, 4.69) is 10.3 Å². The summed E-state index contributed by atoms with van der Waals surface area (Å²) >= 11 is 1.50. The molecule has 1 aliphatic carbocycles. The number of carbonyl (C=O) groups is 2. The number of carboxylic acid groups (broad SMARTS) is 1. The van der Waals surface area contributed by atoms with Crippen molar-refractivity contribution in [2.45, 2.75) is 39.2 Å². The topological polar surface area (TPSA) is 79.3 Å². The standard InChI is InChI=1S/C13H18N2O3S/c1-8-7-19-11(15-8)6-14-12(16)9-4-2-3-5-10(9)13(17)18/h7,9-10H,2-6H2,1H3,(H,14,16)(H,17,18). The van der Waals surface area contributed by atoms with Gasteiger partial charge in [0.2, 0.25) is 5.91 Å². The van der Waals surface area contributed by atoms with Crippen LogP contribution in [0.1, 0.15) is 36.4 Å². The quantitative estimate of drug-likeness (QED) is 0.884. The summed E-state index contributed by atoms with van der Waals surface area (Å²) < 4.78 is 0. The molecule has 2 rings (SSSR count). The molecule has 5 nitrogen and oxygen atoms in total. The molecule has 19 heavy (non-hydrogen) atoms. The number of aryl methyl sites for hydroxylation is 1. The zero-order valence-corrected chi connectivity index (χ0v) is 11.7. The molecule has 2 atom stereocenters. The number of nitrogens with one attached hydrogen (secondary N) is 1. The van der Waals surface area contributed by atoms with E-state index < -0.39 is 17.8 Å². The molecular weight excluding hydrogens is 264 g/mol. The van der Waals surface area contributed by atoms with Gasteiger partial charge in [-0.1, -0.05) is 12.8 Å². The van der Waals surface area contributed by atoms with Crippen molar-refractivity contribution in [1.82, 2.24) is 10.3 Å². The SMILES string of the molecule is Cc1csc(CNC(=O)C2CCCCC2C(=O)O)n1. The Balaban J connectivity index is 1.92. The third-order valence-corrected chi connectivity index (χ3v) is 4.47. The maximum absolute atomic E-state index is 12.1. The average Bonchev–Trinajstić information content (AvgIpc) is 2.81. The zero-order chi connectivity index (χ0) is 13.8. The molecule has 1 saturated carbocycles. The first-order chi connectivity index (χ1) is 9.08. The Labute approximate surface area is 116 Å². The Hall–Kier alpha value is -1.43. The van der Waals surface area contributed by atoms with Crippen LogP contribution in [0, 0.1) is 18.8 Å². The monoisotopic (exact) mass is 282 g/mol. The van der Waals surface area contributed by atoms with E-state index in [1.165, 1.54) is 11.3 Å². The van der Waals surface area contributed by atoms with Crippen molar-refractivity contribution in [3.63, 3.8) is 0 Å². The first kappa shape index (κ1) is 14.0. The molecule has 0 aromatic carbocycles. The number of aromatic nitrogens is 1. The van der Waals surface area contributed by atoms with E-state index in [0.29, 0.717) is 19.4 Å². The molecule has 0 saturated heterocycles. The van der Waals surface area contributed by atoms with E-state index in [1.807, 2.05) is 12.3 Å². The van der Waals surface area contributed by atoms with Crippen LogP contribution in [-0.2, 0) is 16.1 Å². The van der Waals surface area contributed by atoms with Gasteiger partial charge in [-0.3, -0.25) is 9.59 Å². The Kier molecular flexibility index (Phi) is 4.52. The molecule has 2 unspecified atom stereocenters. The lowest BCUT2D eigenvalue weighted by atomic mass is 9.79. The number of hydrogen-bond acceptors (Lipinski definition) is 4. The van der Waals surface area contributed by atoms with Gasteiger partial charge in [0.25, 0.3) is 0 Å². The molecule has 1 aromatic heterocycles. The summed E-state index contributed by atoms with van der Waals surface area (Å²) in [6, 6.07) is 0. The highest BCUT2D eigenvalue weighted by Gasteiger charge is 2.35. The molecular formula is C13H18N2O3S. The Morgan fingerprint density at radius 3 is 2.68 bits per heavy atom. The smallest absolute Gasteiger partial charge is 0.307 e. The van der Waals surface area contributed by atoms with Crippen molar-refractivity contribution < 1.29 is 14.7 Å². The average molecular weight is 282 g/mol. The normalized spacial score (nSPS) is 23.0. The number of carbonyl (C=O) groups excluding carboxylic acids is 1. The van der Waals surface area contributed by atoms with Crippen molar-refractivity contribution in [2.24, 2.45) is 11.8 Å². The second kappa shape index (κ2) is 6.14. The third-order valence-electron chi connectivity index (χ3n) is 3.50. The predicted molar refractivity (Wildman–Crippen MR) is 71.8 cm³/mol. The maximum Gasteiger partial charge on any atom is 0.307 e. The lowest BCUT2D eigenvalue weighted by Crippen LogP contribution is -2.39. The number of amides is 1. The minimum absolute atomic E-state index is 0.153. The predicted octanol–water partition coefficient (Wildman–Crippen LogP) is 1.96. The summed E-state index contributed by atoms with van der Waals surface area (Å²) in [4.78, 5) is 27.5. The summed E-state index contributed by atoms with van der Waals surface area (Å²) in [5.74, 6) is -1.94. The van der Waals surface area contributed by atoms with Crippen LogP contribution in [0.15, 0.2) is 5.38 Å². The van der Waals surface area contributed by atoms with E-state index >= 15 is 0 Å². The highest BCUT2D eigenvalue weighted by atomic mass is 32.1. The van der Waals surface area contributed by atoms with Crippen molar-refractivity contribution in [3.05, 3.63) is 16.1 Å². The number of hydrogen-bond donors (Lipinski definition) is 2. The number of aliphatic carboxylic acids is 1. The second-order valence-electron chi connectivity index (χ2n) is 4.94. The van der Waals surface area contributed by atoms with Gasteiger partial charge >= 0.3 is 5.97 Å². The molecule has 0 spiro atoms. The summed E-state index contributed by atoms with van der Waals surface area (Å²) in [6.45, 7) is 2.30. The van der Waals surface area contributed by atoms with Crippen LogP contribution in [0.4, 0.5) is 0 Å². The summed E-state index contributed by atoms with van der Waals surface area (Å²) in [7, 11) is 0. The van der Waals surface area contributed by atoms with Crippen LogP contribution in [-0.4, -0.2) is 22.0 Å². The zero-order valence-electron chi connectivity index (χ0n) is 10.9. The highest BCUT2D eigenvalue weighted by Crippen LogP contribution is 2.30. The fourth-order valence-electron chi connectivity index (χ4n) is 2.52. The van der Waals surface area contributed by atoms with Crippen molar-refractivity contribution >= 4 is 23.2 Å². The number of nitrogens with zero attached hydrogens (tertiary/aromatic N) is 1. The lowest BCUT2D eigenvalue weighted by Gasteiger charge is -2.27. The molecule has 0 aliphatic heterocycles. The number of rotatable bonds is 4. The Bertz CT molecular complexity index is 472. The van der Waals surface area contributed by atoms with Gasteiger partial charge in [0.15, 0.2) is 0 Å². The van der Waals surface area contributed by atoms with Crippen molar-refractivity contribution in [1.29, 1.82) is 0 Å². The van der Waals surface area contributed by atoms with Crippen molar-refractivity contribution in [2.75, 3.05) is 0 Å². The first-order valence-corrected chi connectivity index (χ1v) is 7.37. The van der Waals surface area contributed by atoms with Gasteiger partial charge in [-0.05, 0) is 19.8 Å². The molecule has 0 bridgehead atoms. The highest BCUT2D eigenvalue weighted by molar-refractivity contribution is 7.09. The second-order valence-corrected chi connectivity index (χ2v) is 5.88.